The lowest BCUT2D eigenvalue weighted by molar-refractivity contribution is -0.119. The molecule has 96 valence electrons. The van der Waals surface area contributed by atoms with Crippen molar-refractivity contribution in [3.05, 3.63) is 65.5 Å². The predicted octanol–water partition coefficient (Wildman–Crippen LogP) is 3.47. The zero-order chi connectivity index (χ0) is 13.5. The summed E-state index contributed by atoms with van der Waals surface area (Å²) < 4.78 is 13.5. The molecule has 0 spiro atoms. The molecule has 1 heterocycles. The van der Waals surface area contributed by atoms with E-state index in [0.29, 0.717) is 12.1 Å². The van der Waals surface area contributed by atoms with E-state index < -0.39 is 5.41 Å². The summed E-state index contributed by atoms with van der Waals surface area (Å²) in [6.07, 6.45) is 0.597. The lowest BCUT2D eigenvalue weighted by atomic mass is 9.73. The second-order valence-electron chi connectivity index (χ2n) is 4.77. The monoisotopic (exact) mass is 255 g/mol. The summed E-state index contributed by atoms with van der Waals surface area (Å²) >= 11 is 0. The molecule has 0 bridgehead atoms. The number of amides is 1. The molecule has 2 aromatic carbocycles. The fourth-order valence-corrected chi connectivity index (χ4v) is 2.89. The minimum atomic E-state index is -0.779. The van der Waals surface area contributed by atoms with Gasteiger partial charge in [0.15, 0.2) is 0 Å². The Balaban J connectivity index is 2.28. The number of carbonyl (C=O) groups is 1. The van der Waals surface area contributed by atoms with Crippen LogP contribution in [0.3, 0.4) is 0 Å². The number of anilines is 1. The van der Waals surface area contributed by atoms with Gasteiger partial charge in [0.2, 0.25) is 5.91 Å². The zero-order valence-electron chi connectivity index (χ0n) is 10.6. The highest BCUT2D eigenvalue weighted by Gasteiger charge is 2.46. The summed E-state index contributed by atoms with van der Waals surface area (Å²) in [4.78, 5) is 12.5. The Kier molecular flexibility index (Phi) is 2.63. The summed E-state index contributed by atoms with van der Waals surface area (Å²) in [5.41, 5.74) is 1.56. The third-order valence-electron chi connectivity index (χ3n) is 3.87. The normalized spacial score (nSPS) is 21.1. The van der Waals surface area contributed by atoms with Gasteiger partial charge in [0.25, 0.3) is 0 Å². The summed E-state index contributed by atoms with van der Waals surface area (Å²) in [6, 6.07) is 14.0. The predicted molar refractivity (Wildman–Crippen MR) is 72.5 cm³/mol. The number of rotatable bonds is 2. The number of hydrogen-bond acceptors (Lipinski definition) is 1. The van der Waals surface area contributed by atoms with E-state index in [-0.39, 0.29) is 11.7 Å². The van der Waals surface area contributed by atoms with E-state index in [1.54, 1.807) is 6.07 Å². The van der Waals surface area contributed by atoms with Crippen molar-refractivity contribution >= 4 is 11.6 Å². The molecule has 1 aliphatic rings. The molecule has 2 aromatic rings. The molecule has 19 heavy (non-hydrogen) atoms. The first-order valence-electron chi connectivity index (χ1n) is 6.35. The third-order valence-corrected chi connectivity index (χ3v) is 3.87. The van der Waals surface area contributed by atoms with Crippen molar-refractivity contribution in [2.45, 2.75) is 18.8 Å². The van der Waals surface area contributed by atoms with Crippen molar-refractivity contribution in [1.29, 1.82) is 0 Å². The Morgan fingerprint density at radius 1 is 1.16 bits per heavy atom. The molecule has 3 rings (SSSR count). The first-order chi connectivity index (χ1) is 9.18. The Morgan fingerprint density at radius 3 is 2.58 bits per heavy atom. The number of halogens is 1. The molecular weight excluding hydrogens is 241 g/mol. The van der Waals surface area contributed by atoms with E-state index in [9.17, 15) is 9.18 Å². The highest BCUT2D eigenvalue weighted by atomic mass is 19.1. The summed E-state index contributed by atoms with van der Waals surface area (Å²) in [6.45, 7) is 1.95. The number of fused-ring (bicyclic) bond motifs is 1. The number of carbonyl (C=O) groups excluding carboxylic acids is 1. The standard InChI is InChI=1S/C16H14FNO/c1-2-16(11-6-4-3-5-7-11)13-10-12(17)8-9-14(13)18-15(16)19/h3-10H,2H2,1H3,(H,18,19). The maximum absolute atomic E-state index is 13.5. The molecule has 0 aliphatic carbocycles. The lowest BCUT2D eigenvalue weighted by Crippen LogP contribution is -2.35. The molecule has 2 nitrogen and oxygen atoms in total. The molecule has 1 unspecified atom stereocenters. The second kappa shape index (κ2) is 4.19. The maximum Gasteiger partial charge on any atom is 0.239 e. The molecule has 1 N–H and O–H groups in total. The number of nitrogens with one attached hydrogen (secondary N) is 1. The van der Waals surface area contributed by atoms with Crippen molar-refractivity contribution in [3.8, 4) is 0 Å². The molecule has 1 atom stereocenters. The van der Waals surface area contributed by atoms with Gasteiger partial charge in [-0.25, -0.2) is 4.39 Å². The number of benzene rings is 2. The topological polar surface area (TPSA) is 29.1 Å². The van der Waals surface area contributed by atoms with Crippen LogP contribution in [0.1, 0.15) is 24.5 Å². The van der Waals surface area contributed by atoms with E-state index in [1.807, 2.05) is 37.3 Å². The fourth-order valence-electron chi connectivity index (χ4n) is 2.89. The molecule has 1 aliphatic heterocycles. The van der Waals surface area contributed by atoms with Gasteiger partial charge in [-0.1, -0.05) is 37.3 Å². The Morgan fingerprint density at radius 2 is 1.89 bits per heavy atom. The number of hydrogen-bond donors (Lipinski definition) is 1. The van der Waals surface area contributed by atoms with Crippen LogP contribution in [0.5, 0.6) is 0 Å². The van der Waals surface area contributed by atoms with Gasteiger partial charge >= 0.3 is 0 Å². The molecule has 0 radical (unpaired) electrons. The largest absolute Gasteiger partial charge is 0.325 e. The highest BCUT2D eigenvalue weighted by molar-refractivity contribution is 6.08. The Bertz CT molecular complexity index is 638. The van der Waals surface area contributed by atoms with Crippen LogP contribution in [0.15, 0.2) is 48.5 Å². The molecule has 0 saturated heterocycles. The second-order valence-corrected chi connectivity index (χ2v) is 4.77. The molecule has 0 aromatic heterocycles. The fraction of sp³-hybridized carbons (Fsp3) is 0.188. The van der Waals surface area contributed by atoms with Crippen molar-refractivity contribution in [2.75, 3.05) is 5.32 Å². The summed E-state index contributed by atoms with van der Waals surface area (Å²) in [5, 5.41) is 2.86. The minimum Gasteiger partial charge on any atom is -0.325 e. The molecule has 0 saturated carbocycles. The van der Waals surface area contributed by atoms with E-state index in [2.05, 4.69) is 5.32 Å². The summed E-state index contributed by atoms with van der Waals surface area (Å²) in [5.74, 6) is -0.397. The first-order valence-corrected chi connectivity index (χ1v) is 6.35. The van der Waals surface area contributed by atoms with Crippen molar-refractivity contribution in [1.82, 2.24) is 0 Å². The SMILES string of the molecule is CCC1(c2ccccc2)C(=O)Nc2ccc(F)cc21. The average Bonchev–Trinajstić information content (AvgIpc) is 2.72. The van der Waals surface area contributed by atoms with Gasteiger partial charge in [-0.05, 0) is 35.7 Å². The average molecular weight is 255 g/mol. The smallest absolute Gasteiger partial charge is 0.239 e. The van der Waals surface area contributed by atoms with Crippen LogP contribution >= 0.6 is 0 Å². The van der Waals surface area contributed by atoms with Gasteiger partial charge < -0.3 is 5.32 Å². The van der Waals surface area contributed by atoms with Crippen LogP contribution in [0, 0.1) is 5.82 Å². The van der Waals surface area contributed by atoms with Gasteiger partial charge in [0.05, 0.1) is 0 Å². The lowest BCUT2D eigenvalue weighted by Gasteiger charge is -2.26. The highest BCUT2D eigenvalue weighted by Crippen LogP contribution is 2.45. The van der Waals surface area contributed by atoms with Crippen LogP contribution < -0.4 is 5.32 Å². The molecule has 1 amide bonds. The van der Waals surface area contributed by atoms with Gasteiger partial charge in [0, 0.05) is 5.69 Å². The van der Waals surface area contributed by atoms with Crippen LogP contribution in [0.2, 0.25) is 0 Å². The molecular formula is C16H14FNO. The van der Waals surface area contributed by atoms with Crippen molar-refractivity contribution in [3.63, 3.8) is 0 Å². The van der Waals surface area contributed by atoms with Crippen LogP contribution in [-0.4, -0.2) is 5.91 Å². The Hall–Kier alpha value is -2.16. The van der Waals surface area contributed by atoms with Gasteiger partial charge in [-0.2, -0.15) is 0 Å². The van der Waals surface area contributed by atoms with E-state index >= 15 is 0 Å². The zero-order valence-corrected chi connectivity index (χ0v) is 10.6. The van der Waals surface area contributed by atoms with Crippen LogP contribution in [-0.2, 0) is 10.2 Å². The summed E-state index contributed by atoms with van der Waals surface area (Å²) in [7, 11) is 0. The van der Waals surface area contributed by atoms with Crippen molar-refractivity contribution < 1.29 is 9.18 Å². The van der Waals surface area contributed by atoms with Crippen LogP contribution in [0.4, 0.5) is 10.1 Å². The quantitative estimate of drug-likeness (QED) is 0.874. The van der Waals surface area contributed by atoms with E-state index in [1.165, 1.54) is 12.1 Å². The van der Waals surface area contributed by atoms with E-state index in [0.717, 1.165) is 11.1 Å². The first kappa shape index (κ1) is 11.9. The van der Waals surface area contributed by atoms with Crippen molar-refractivity contribution in [2.24, 2.45) is 0 Å². The van der Waals surface area contributed by atoms with Gasteiger partial charge in [-0.15, -0.1) is 0 Å². The van der Waals surface area contributed by atoms with Gasteiger partial charge in [-0.3, -0.25) is 4.79 Å². The minimum absolute atomic E-state index is 0.0817. The maximum atomic E-state index is 13.5. The molecule has 3 heteroatoms. The molecule has 0 fully saturated rings. The Labute approximate surface area is 111 Å². The van der Waals surface area contributed by atoms with Gasteiger partial charge in [0.1, 0.15) is 11.2 Å². The van der Waals surface area contributed by atoms with E-state index in [4.69, 9.17) is 0 Å². The third kappa shape index (κ3) is 1.58. The van der Waals surface area contributed by atoms with Crippen LogP contribution in [0.25, 0.3) is 0 Å².